The Morgan fingerprint density at radius 1 is 0.735 bits per heavy atom. The lowest BCUT2D eigenvalue weighted by molar-refractivity contribution is 0.148. The van der Waals surface area contributed by atoms with Crippen LogP contribution in [-0.2, 0) is 19.6 Å². The Labute approximate surface area is 205 Å². The van der Waals surface area contributed by atoms with Crippen molar-refractivity contribution in [2.24, 2.45) is 0 Å². The molecule has 0 spiro atoms. The summed E-state index contributed by atoms with van der Waals surface area (Å²) in [6.45, 7) is 7.27. The molecule has 0 unspecified atom stereocenters. The van der Waals surface area contributed by atoms with E-state index in [9.17, 15) is 0 Å². The Bertz CT molecular complexity index is 1040. The van der Waals surface area contributed by atoms with E-state index in [1.165, 1.54) is 28.1 Å². The molecule has 34 heavy (non-hydrogen) atoms. The van der Waals surface area contributed by atoms with E-state index in [1.54, 1.807) is 7.11 Å². The van der Waals surface area contributed by atoms with Crippen molar-refractivity contribution in [1.82, 2.24) is 9.80 Å². The molecule has 1 saturated heterocycles. The molecule has 4 rings (SSSR count). The second-order valence-corrected chi connectivity index (χ2v) is 9.52. The number of rotatable bonds is 9. The molecule has 5 heteroatoms. The predicted octanol–water partition coefficient (Wildman–Crippen LogP) is 4.72. The van der Waals surface area contributed by atoms with Gasteiger partial charge in [-0.25, -0.2) is 0 Å². The highest BCUT2D eigenvalue weighted by Gasteiger charge is 2.15. The van der Waals surface area contributed by atoms with Gasteiger partial charge in [0.25, 0.3) is 0 Å². The highest BCUT2D eigenvalue weighted by molar-refractivity contribution is 5.52. The van der Waals surface area contributed by atoms with Crippen molar-refractivity contribution in [3.8, 4) is 5.75 Å². The number of nitrogens with zero attached hydrogens (tertiary/aromatic N) is 4. The zero-order chi connectivity index (χ0) is 23.9. The molecule has 1 aliphatic heterocycles. The van der Waals surface area contributed by atoms with Crippen LogP contribution in [0.5, 0.6) is 5.75 Å². The van der Waals surface area contributed by atoms with Gasteiger partial charge in [0, 0.05) is 71.3 Å². The minimum absolute atomic E-state index is 0.821. The van der Waals surface area contributed by atoms with Crippen molar-refractivity contribution in [3.05, 3.63) is 89.5 Å². The molecule has 3 aromatic rings. The number of methoxy groups -OCH3 is 1. The molecular formula is C29H38N4O. The summed E-state index contributed by atoms with van der Waals surface area (Å²) in [6, 6.07) is 26.3. The van der Waals surface area contributed by atoms with Crippen LogP contribution in [0.4, 0.5) is 11.4 Å². The highest BCUT2D eigenvalue weighted by atomic mass is 16.5. The SMILES string of the molecule is COc1cccc(CN(Cc2cccc(N(C)C)c2)c2ccc(CN3CCN(C)CC3)cc2)c1. The number of hydrogen-bond donors (Lipinski definition) is 0. The van der Waals surface area contributed by atoms with Crippen molar-refractivity contribution in [3.63, 3.8) is 0 Å². The van der Waals surface area contributed by atoms with Crippen molar-refractivity contribution in [1.29, 1.82) is 0 Å². The van der Waals surface area contributed by atoms with Gasteiger partial charge in [0.05, 0.1) is 7.11 Å². The minimum atomic E-state index is 0.821. The van der Waals surface area contributed by atoms with Crippen LogP contribution in [0.2, 0.25) is 0 Å². The number of hydrogen-bond acceptors (Lipinski definition) is 5. The number of likely N-dealkylation sites (N-methyl/N-ethyl adjacent to an activating group) is 1. The third kappa shape index (κ3) is 6.52. The number of ether oxygens (including phenoxy) is 1. The van der Waals surface area contributed by atoms with E-state index in [4.69, 9.17) is 4.74 Å². The molecule has 1 fully saturated rings. The van der Waals surface area contributed by atoms with Crippen molar-refractivity contribution >= 4 is 11.4 Å². The van der Waals surface area contributed by atoms with Gasteiger partial charge in [0.15, 0.2) is 0 Å². The molecular weight excluding hydrogens is 420 g/mol. The standard InChI is InChI=1S/C29H38N4O/c1-30(2)28-9-5-7-25(19-28)22-33(23-26-8-6-10-29(20-26)34-4)27-13-11-24(12-14-27)21-32-17-15-31(3)16-18-32/h5-14,19-20H,15-18,21-23H2,1-4H3. The van der Waals surface area contributed by atoms with Crippen LogP contribution in [0.15, 0.2) is 72.8 Å². The Morgan fingerprint density at radius 2 is 1.38 bits per heavy atom. The van der Waals surface area contributed by atoms with Crippen LogP contribution in [0.25, 0.3) is 0 Å². The van der Waals surface area contributed by atoms with Crippen LogP contribution in [0.1, 0.15) is 16.7 Å². The summed E-state index contributed by atoms with van der Waals surface area (Å²) in [5, 5.41) is 0. The lowest BCUT2D eigenvalue weighted by Crippen LogP contribution is -2.43. The Morgan fingerprint density at radius 3 is 2.03 bits per heavy atom. The van der Waals surface area contributed by atoms with Gasteiger partial charge in [-0.15, -0.1) is 0 Å². The summed E-state index contributed by atoms with van der Waals surface area (Å²) >= 11 is 0. The maximum absolute atomic E-state index is 5.47. The smallest absolute Gasteiger partial charge is 0.119 e. The number of piperazine rings is 1. The summed E-state index contributed by atoms with van der Waals surface area (Å²) in [4.78, 5) is 9.56. The lowest BCUT2D eigenvalue weighted by atomic mass is 10.1. The van der Waals surface area contributed by atoms with E-state index < -0.39 is 0 Å². The molecule has 0 aliphatic carbocycles. The van der Waals surface area contributed by atoms with Crippen LogP contribution < -0.4 is 14.5 Å². The van der Waals surface area contributed by atoms with Crippen molar-refractivity contribution in [2.75, 3.05) is 64.2 Å². The third-order valence-electron chi connectivity index (χ3n) is 6.61. The molecule has 3 aromatic carbocycles. The average Bonchev–Trinajstić information content (AvgIpc) is 2.86. The van der Waals surface area contributed by atoms with E-state index in [0.717, 1.165) is 51.6 Å². The van der Waals surface area contributed by atoms with Crippen LogP contribution in [0, 0.1) is 0 Å². The molecule has 0 amide bonds. The van der Waals surface area contributed by atoms with Gasteiger partial charge in [0.1, 0.15) is 5.75 Å². The fraction of sp³-hybridized carbons (Fsp3) is 0.379. The topological polar surface area (TPSA) is 22.2 Å². The first kappa shape index (κ1) is 24.1. The second-order valence-electron chi connectivity index (χ2n) is 9.52. The van der Waals surface area contributed by atoms with Crippen molar-refractivity contribution in [2.45, 2.75) is 19.6 Å². The Balaban J connectivity index is 1.53. The number of anilines is 2. The quantitative estimate of drug-likeness (QED) is 0.462. The van der Waals surface area contributed by atoms with E-state index in [1.807, 2.05) is 6.07 Å². The Hall–Kier alpha value is -3.02. The normalized spacial score (nSPS) is 14.7. The monoisotopic (exact) mass is 458 g/mol. The van der Waals surface area contributed by atoms with Crippen LogP contribution in [-0.4, -0.2) is 64.2 Å². The van der Waals surface area contributed by atoms with Gasteiger partial charge in [-0.1, -0.05) is 36.4 Å². The lowest BCUT2D eigenvalue weighted by Gasteiger charge is -2.32. The van der Waals surface area contributed by atoms with Gasteiger partial charge >= 0.3 is 0 Å². The summed E-state index contributed by atoms with van der Waals surface area (Å²) in [5.41, 5.74) is 6.38. The molecule has 0 radical (unpaired) electrons. The van der Waals surface area contributed by atoms with E-state index in [-0.39, 0.29) is 0 Å². The average molecular weight is 459 g/mol. The summed E-state index contributed by atoms with van der Waals surface area (Å²) in [7, 11) is 8.11. The molecule has 0 aromatic heterocycles. The third-order valence-corrected chi connectivity index (χ3v) is 6.61. The maximum atomic E-state index is 5.47. The maximum Gasteiger partial charge on any atom is 0.119 e. The number of benzene rings is 3. The first-order chi connectivity index (χ1) is 16.5. The molecule has 0 N–H and O–H groups in total. The minimum Gasteiger partial charge on any atom is -0.497 e. The molecule has 0 bridgehead atoms. The fourth-order valence-electron chi connectivity index (χ4n) is 4.46. The molecule has 1 heterocycles. The summed E-state index contributed by atoms with van der Waals surface area (Å²) in [6.07, 6.45) is 0. The van der Waals surface area contributed by atoms with Gasteiger partial charge in [-0.05, 0) is 60.1 Å². The predicted molar refractivity (Wildman–Crippen MR) is 143 cm³/mol. The van der Waals surface area contributed by atoms with Crippen LogP contribution in [0.3, 0.4) is 0 Å². The molecule has 180 valence electrons. The molecule has 0 saturated carbocycles. The van der Waals surface area contributed by atoms with E-state index in [2.05, 4.69) is 107 Å². The largest absolute Gasteiger partial charge is 0.497 e. The van der Waals surface area contributed by atoms with E-state index in [0.29, 0.717) is 0 Å². The summed E-state index contributed by atoms with van der Waals surface area (Å²) < 4.78 is 5.47. The fourth-order valence-corrected chi connectivity index (χ4v) is 4.46. The summed E-state index contributed by atoms with van der Waals surface area (Å²) in [5.74, 6) is 0.898. The zero-order valence-electron chi connectivity index (χ0n) is 21.1. The second kappa shape index (κ2) is 11.4. The Kier molecular flexibility index (Phi) is 8.09. The van der Waals surface area contributed by atoms with E-state index >= 15 is 0 Å². The van der Waals surface area contributed by atoms with Gasteiger partial charge in [-0.2, -0.15) is 0 Å². The van der Waals surface area contributed by atoms with Crippen LogP contribution >= 0.6 is 0 Å². The molecule has 0 atom stereocenters. The van der Waals surface area contributed by atoms with Crippen molar-refractivity contribution < 1.29 is 4.74 Å². The first-order valence-electron chi connectivity index (χ1n) is 12.1. The van der Waals surface area contributed by atoms with Gasteiger partial charge in [0.2, 0.25) is 0 Å². The van der Waals surface area contributed by atoms with Gasteiger partial charge in [-0.3, -0.25) is 4.90 Å². The zero-order valence-corrected chi connectivity index (χ0v) is 21.1. The van der Waals surface area contributed by atoms with Gasteiger partial charge < -0.3 is 19.4 Å². The highest BCUT2D eigenvalue weighted by Crippen LogP contribution is 2.24. The molecule has 5 nitrogen and oxygen atoms in total. The molecule has 1 aliphatic rings. The first-order valence-corrected chi connectivity index (χ1v) is 12.1.